The first-order valence-corrected chi connectivity index (χ1v) is 8.56. The SMILES string of the molecule is CCCNC(c1ccccc1)c1nnc(C(C)C(C)C)s1. The molecule has 0 bridgehead atoms. The van der Waals surface area contributed by atoms with Gasteiger partial charge in [0.05, 0.1) is 6.04 Å². The summed E-state index contributed by atoms with van der Waals surface area (Å²) in [6, 6.07) is 10.7. The summed E-state index contributed by atoms with van der Waals surface area (Å²) in [5.41, 5.74) is 1.26. The smallest absolute Gasteiger partial charge is 0.139 e. The van der Waals surface area contributed by atoms with Crippen molar-refractivity contribution >= 4 is 11.3 Å². The van der Waals surface area contributed by atoms with Gasteiger partial charge in [0, 0.05) is 5.92 Å². The van der Waals surface area contributed by atoms with Crippen LogP contribution in [0.4, 0.5) is 0 Å². The van der Waals surface area contributed by atoms with Crippen LogP contribution in [0.25, 0.3) is 0 Å². The van der Waals surface area contributed by atoms with Gasteiger partial charge in [-0.25, -0.2) is 0 Å². The molecule has 1 N–H and O–H groups in total. The number of aromatic nitrogens is 2. The first-order valence-electron chi connectivity index (χ1n) is 7.75. The van der Waals surface area contributed by atoms with Gasteiger partial charge in [-0.15, -0.1) is 10.2 Å². The Morgan fingerprint density at radius 1 is 1.05 bits per heavy atom. The Kier molecular flexibility index (Phi) is 5.88. The molecule has 114 valence electrons. The normalized spacial score (nSPS) is 14.3. The molecule has 1 heterocycles. The van der Waals surface area contributed by atoms with Gasteiger partial charge in [-0.05, 0) is 24.4 Å². The second-order valence-electron chi connectivity index (χ2n) is 5.81. The number of benzene rings is 1. The molecule has 0 aliphatic carbocycles. The molecule has 4 heteroatoms. The maximum Gasteiger partial charge on any atom is 0.139 e. The number of hydrogen-bond donors (Lipinski definition) is 1. The monoisotopic (exact) mass is 303 g/mol. The standard InChI is InChI=1S/C17H25N3S/c1-5-11-18-15(14-9-7-6-8-10-14)17-20-19-16(21-17)13(4)12(2)3/h6-10,12-13,15,18H,5,11H2,1-4H3. The zero-order valence-electron chi connectivity index (χ0n) is 13.3. The first-order chi connectivity index (χ1) is 10.1. The molecule has 0 aliphatic heterocycles. The van der Waals surface area contributed by atoms with Gasteiger partial charge in [0.1, 0.15) is 10.0 Å². The molecular formula is C17H25N3S. The summed E-state index contributed by atoms with van der Waals surface area (Å²) < 4.78 is 0. The Morgan fingerprint density at radius 2 is 1.71 bits per heavy atom. The number of nitrogens with one attached hydrogen (secondary N) is 1. The van der Waals surface area contributed by atoms with Crippen LogP contribution in [0.1, 0.15) is 61.7 Å². The molecule has 0 fully saturated rings. The van der Waals surface area contributed by atoms with Crippen LogP contribution in [0.5, 0.6) is 0 Å². The van der Waals surface area contributed by atoms with Gasteiger partial charge in [0.25, 0.3) is 0 Å². The van der Waals surface area contributed by atoms with E-state index in [4.69, 9.17) is 0 Å². The fraction of sp³-hybridized carbons (Fsp3) is 0.529. The fourth-order valence-corrected chi connectivity index (χ4v) is 3.29. The van der Waals surface area contributed by atoms with Gasteiger partial charge in [0.2, 0.25) is 0 Å². The van der Waals surface area contributed by atoms with Crippen LogP contribution in [-0.2, 0) is 0 Å². The van der Waals surface area contributed by atoms with Crippen LogP contribution in [0, 0.1) is 5.92 Å². The summed E-state index contributed by atoms with van der Waals surface area (Å²) in [6.45, 7) is 9.85. The summed E-state index contributed by atoms with van der Waals surface area (Å²) in [4.78, 5) is 0. The minimum atomic E-state index is 0.150. The van der Waals surface area contributed by atoms with E-state index >= 15 is 0 Å². The van der Waals surface area contributed by atoms with Crippen molar-refractivity contribution in [2.24, 2.45) is 5.92 Å². The van der Waals surface area contributed by atoms with Gasteiger partial charge in [0.15, 0.2) is 0 Å². The predicted octanol–water partition coefficient (Wildman–Crippen LogP) is 4.39. The Labute approximate surface area is 131 Å². The van der Waals surface area contributed by atoms with Crippen molar-refractivity contribution in [3.63, 3.8) is 0 Å². The second kappa shape index (κ2) is 7.66. The van der Waals surface area contributed by atoms with Crippen LogP contribution < -0.4 is 5.32 Å². The van der Waals surface area contributed by atoms with Crippen molar-refractivity contribution in [1.82, 2.24) is 15.5 Å². The van der Waals surface area contributed by atoms with Gasteiger partial charge < -0.3 is 5.32 Å². The maximum absolute atomic E-state index is 4.46. The summed E-state index contributed by atoms with van der Waals surface area (Å²) in [6.07, 6.45) is 1.11. The number of nitrogens with zero attached hydrogens (tertiary/aromatic N) is 2. The Morgan fingerprint density at radius 3 is 2.33 bits per heavy atom. The molecule has 1 aromatic heterocycles. The maximum atomic E-state index is 4.46. The van der Waals surface area contributed by atoms with Crippen molar-refractivity contribution in [3.8, 4) is 0 Å². The van der Waals surface area contributed by atoms with Crippen LogP contribution in [0.3, 0.4) is 0 Å². The predicted molar refractivity (Wildman–Crippen MR) is 89.7 cm³/mol. The summed E-state index contributed by atoms with van der Waals surface area (Å²) >= 11 is 1.74. The third-order valence-corrected chi connectivity index (χ3v) is 5.01. The molecule has 1 aromatic carbocycles. The Hall–Kier alpha value is -1.26. The van der Waals surface area contributed by atoms with Gasteiger partial charge in [-0.3, -0.25) is 0 Å². The largest absolute Gasteiger partial charge is 0.304 e. The van der Waals surface area contributed by atoms with E-state index in [0.29, 0.717) is 11.8 Å². The highest BCUT2D eigenvalue weighted by Crippen LogP contribution is 2.31. The number of rotatable bonds is 7. The van der Waals surface area contributed by atoms with Crippen LogP contribution in [0.2, 0.25) is 0 Å². The van der Waals surface area contributed by atoms with E-state index < -0.39 is 0 Å². The quantitative estimate of drug-likeness (QED) is 0.824. The molecule has 2 atom stereocenters. The zero-order valence-corrected chi connectivity index (χ0v) is 14.2. The van der Waals surface area contributed by atoms with Crippen LogP contribution in [0.15, 0.2) is 30.3 Å². The van der Waals surface area contributed by atoms with E-state index in [1.54, 1.807) is 11.3 Å². The lowest BCUT2D eigenvalue weighted by molar-refractivity contribution is 0.528. The van der Waals surface area contributed by atoms with E-state index in [-0.39, 0.29) is 6.04 Å². The Balaban J connectivity index is 2.25. The van der Waals surface area contributed by atoms with E-state index in [1.807, 2.05) is 6.07 Å². The third-order valence-electron chi connectivity index (χ3n) is 3.82. The average Bonchev–Trinajstić information content (AvgIpc) is 2.97. The second-order valence-corrected chi connectivity index (χ2v) is 6.85. The van der Waals surface area contributed by atoms with E-state index in [0.717, 1.165) is 23.0 Å². The number of hydrogen-bond acceptors (Lipinski definition) is 4. The lowest BCUT2D eigenvalue weighted by atomic mass is 9.99. The van der Waals surface area contributed by atoms with Gasteiger partial charge in [-0.1, -0.05) is 69.4 Å². The molecule has 2 aromatic rings. The van der Waals surface area contributed by atoms with Crippen molar-refractivity contribution in [3.05, 3.63) is 45.9 Å². The molecule has 0 saturated heterocycles. The highest BCUT2D eigenvalue weighted by molar-refractivity contribution is 7.11. The fourth-order valence-electron chi connectivity index (χ4n) is 2.11. The summed E-state index contributed by atoms with van der Waals surface area (Å²) in [5.74, 6) is 1.04. The van der Waals surface area contributed by atoms with Gasteiger partial charge in [-0.2, -0.15) is 0 Å². The van der Waals surface area contributed by atoms with Crippen molar-refractivity contribution in [2.45, 2.75) is 46.1 Å². The summed E-state index contributed by atoms with van der Waals surface area (Å²) in [7, 11) is 0. The van der Waals surface area contributed by atoms with Gasteiger partial charge >= 0.3 is 0 Å². The average molecular weight is 303 g/mol. The molecule has 0 amide bonds. The highest BCUT2D eigenvalue weighted by Gasteiger charge is 2.21. The molecule has 0 radical (unpaired) electrons. The molecule has 0 spiro atoms. The molecule has 0 aliphatic rings. The lowest BCUT2D eigenvalue weighted by Crippen LogP contribution is -2.23. The minimum absolute atomic E-state index is 0.150. The highest BCUT2D eigenvalue weighted by atomic mass is 32.1. The van der Waals surface area contributed by atoms with Crippen molar-refractivity contribution in [1.29, 1.82) is 0 Å². The molecule has 21 heavy (non-hydrogen) atoms. The zero-order chi connectivity index (χ0) is 15.2. The third kappa shape index (κ3) is 4.11. The lowest BCUT2D eigenvalue weighted by Gasteiger charge is -2.16. The van der Waals surface area contributed by atoms with Crippen LogP contribution in [-0.4, -0.2) is 16.7 Å². The topological polar surface area (TPSA) is 37.8 Å². The van der Waals surface area contributed by atoms with Crippen LogP contribution >= 0.6 is 11.3 Å². The minimum Gasteiger partial charge on any atom is -0.304 e. The molecular weight excluding hydrogens is 278 g/mol. The summed E-state index contributed by atoms with van der Waals surface area (Å²) in [5, 5.41) is 14.7. The van der Waals surface area contributed by atoms with E-state index in [2.05, 4.69) is 67.5 Å². The molecule has 3 nitrogen and oxygen atoms in total. The van der Waals surface area contributed by atoms with E-state index in [9.17, 15) is 0 Å². The van der Waals surface area contributed by atoms with Crippen molar-refractivity contribution in [2.75, 3.05) is 6.54 Å². The van der Waals surface area contributed by atoms with Crippen molar-refractivity contribution < 1.29 is 0 Å². The molecule has 0 saturated carbocycles. The molecule has 2 unspecified atom stereocenters. The Bertz CT molecular complexity index is 536. The molecule has 2 rings (SSSR count). The first kappa shape index (κ1) is 16.1. The van der Waals surface area contributed by atoms with E-state index in [1.165, 1.54) is 5.56 Å².